The van der Waals surface area contributed by atoms with Crippen molar-refractivity contribution in [1.82, 2.24) is 5.34 Å². The number of hydrogen-bond acceptors (Lipinski definition) is 2. The first-order valence-corrected chi connectivity index (χ1v) is 4.45. The van der Waals surface area contributed by atoms with Gasteiger partial charge in [-0.1, -0.05) is 20.6 Å². The van der Waals surface area contributed by atoms with E-state index in [1.54, 1.807) is 0 Å². The molecule has 0 radical (unpaired) electrons. The Morgan fingerprint density at radius 1 is 1.31 bits per heavy atom. The second-order valence-corrected chi connectivity index (χ2v) is 3.39. The van der Waals surface area contributed by atoms with Gasteiger partial charge in [0.2, 0.25) is 0 Å². The molecule has 0 spiro atoms. The van der Waals surface area contributed by atoms with Gasteiger partial charge in [0.15, 0.2) is 0 Å². The number of carboxylic acid groups (broad SMARTS) is 1. The molecule has 0 bridgehead atoms. The molecule has 1 aromatic rings. The van der Waals surface area contributed by atoms with E-state index in [2.05, 4.69) is 0 Å². The Morgan fingerprint density at radius 2 is 1.94 bits per heavy atom. The Kier molecular flexibility index (Phi) is 3.78. The number of amides is 1. The topological polar surface area (TPSA) is 57.6 Å². The van der Waals surface area contributed by atoms with Gasteiger partial charge < -0.3 is 5.11 Å². The zero-order valence-electron chi connectivity index (χ0n) is 7.78. The number of carbonyl (C=O) groups is 2. The highest BCUT2D eigenvalue weighted by molar-refractivity contribution is 6.31. The molecule has 1 amide bonds. The van der Waals surface area contributed by atoms with Gasteiger partial charge in [0, 0.05) is 15.9 Å². The minimum absolute atomic E-state index is 0.0314. The van der Waals surface area contributed by atoms with Crippen LogP contribution in [0.25, 0.3) is 0 Å². The highest BCUT2D eigenvalue weighted by Crippen LogP contribution is 2.17. The lowest BCUT2D eigenvalue weighted by atomic mass is 10.1. The number of carbonyl (C=O) groups excluding carboxylic acids is 1. The molecule has 1 N–H and O–H groups in total. The molecule has 0 unspecified atom stereocenters. The summed E-state index contributed by atoms with van der Waals surface area (Å²) in [7, 11) is 0. The minimum atomic E-state index is -1.59. The van der Waals surface area contributed by atoms with Gasteiger partial charge in [-0.25, -0.2) is 0 Å². The standard InChI is InChI=1S/C9H6ClF2NO3/c10-7-2-5(3-8(14)15)1-6(4-7)9(16)13(11)12/h1-2,4H,3H2,(H,14,15). The summed E-state index contributed by atoms with van der Waals surface area (Å²) in [6.45, 7) is 0. The van der Waals surface area contributed by atoms with Crippen molar-refractivity contribution < 1.29 is 23.7 Å². The Bertz CT molecular complexity index is 437. The summed E-state index contributed by atoms with van der Waals surface area (Å²) >= 11 is 5.57. The molecule has 16 heavy (non-hydrogen) atoms. The van der Waals surface area contributed by atoms with Gasteiger partial charge >= 0.3 is 11.9 Å². The second kappa shape index (κ2) is 4.89. The molecule has 86 valence electrons. The van der Waals surface area contributed by atoms with Gasteiger partial charge in [-0.15, -0.1) is 0 Å². The van der Waals surface area contributed by atoms with Gasteiger partial charge in [0.25, 0.3) is 0 Å². The van der Waals surface area contributed by atoms with E-state index < -0.39 is 17.2 Å². The summed E-state index contributed by atoms with van der Waals surface area (Å²) in [6, 6.07) is 3.41. The zero-order chi connectivity index (χ0) is 12.3. The van der Waals surface area contributed by atoms with Crippen molar-refractivity contribution >= 4 is 23.5 Å². The molecule has 0 saturated heterocycles. The van der Waals surface area contributed by atoms with E-state index in [-0.39, 0.29) is 22.6 Å². The fraction of sp³-hybridized carbons (Fsp3) is 0.111. The van der Waals surface area contributed by atoms with Crippen LogP contribution in [0.2, 0.25) is 5.02 Å². The maximum Gasteiger partial charge on any atom is 0.314 e. The molecular formula is C9H6ClF2NO3. The maximum absolute atomic E-state index is 12.0. The lowest BCUT2D eigenvalue weighted by molar-refractivity contribution is -0.136. The molecule has 0 aliphatic carbocycles. The summed E-state index contributed by atoms with van der Waals surface area (Å²) in [5, 5.41) is 6.95. The zero-order valence-corrected chi connectivity index (χ0v) is 8.54. The highest BCUT2D eigenvalue weighted by Gasteiger charge is 2.16. The monoisotopic (exact) mass is 249 g/mol. The predicted molar refractivity (Wildman–Crippen MR) is 51.2 cm³/mol. The largest absolute Gasteiger partial charge is 0.481 e. The van der Waals surface area contributed by atoms with E-state index in [4.69, 9.17) is 16.7 Å². The third kappa shape index (κ3) is 3.16. The van der Waals surface area contributed by atoms with Crippen molar-refractivity contribution in [1.29, 1.82) is 0 Å². The molecule has 1 aromatic carbocycles. The van der Waals surface area contributed by atoms with Crippen LogP contribution in [-0.2, 0) is 11.2 Å². The molecule has 0 aliphatic heterocycles. The Morgan fingerprint density at radius 3 is 2.44 bits per heavy atom. The van der Waals surface area contributed by atoms with Crippen molar-refractivity contribution in [2.24, 2.45) is 0 Å². The third-order valence-corrected chi connectivity index (χ3v) is 1.93. The van der Waals surface area contributed by atoms with Gasteiger partial charge in [-0.2, -0.15) is 0 Å². The van der Waals surface area contributed by atoms with Crippen molar-refractivity contribution in [3.05, 3.63) is 34.3 Å². The molecule has 0 aliphatic rings. The number of halogens is 3. The van der Waals surface area contributed by atoms with Crippen molar-refractivity contribution in [2.45, 2.75) is 6.42 Å². The molecule has 1 rings (SSSR count). The fourth-order valence-corrected chi connectivity index (χ4v) is 1.41. The molecule has 0 aromatic heterocycles. The van der Waals surface area contributed by atoms with Crippen molar-refractivity contribution in [3.63, 3.8) is 0 Å². The molecule has 0 atom stereocenters. The summed E-state index contributed by atoms with van der Waals surface area (Å²) < 4.78 is 23.9. The average molecular weight is 250 g/mol. The quantitative estimate of drug-likeness (QED) is 0.836. The number of rotatable bonds is 3. The smallest absolute Gasteiger partial charge is 0.314 e. The number of carboxylic acids is 1. The Labute approximate surface area is 93.9 Å². The maximum atomic E-state index is 12.0. The fourth-order valence-electron chi connectivity index (χ4n) is 1.15. The van der Waals surface area contributed by atoms with E-state index in [9.17, 15) is 18.6 Å². The van der Waals surface area contributed by atoms with Gasteiger partial charge in [-0.05, 0) is 23.8 Å². The number of benzene rings is 1. The number of nitrogens with zero attached hydrogens (tertiary/aromatic N) is 1. The molecule has 4 nitrogen and oxygen atoms in total. The van der Waals surface area contributed by atoms with E-state index in [0.29, 0.717) is 0 Å². The molecular weight excluding hydrogens is 244 g/mol. The minimum Gasteiger partial charge on any atom is -0.481 e. The van der Waals surface area contributed by atoms with Crippen LogP contribution in [-0.4, -0.2) is 22.3 Å². The predicted octanol–water partition coefficient (Wildman–Crippen LogP) is 2.18. The summed E-state index contributed by atoms with van der Waals surface area (Å²) in [5.41, 5.74) is -0.168. The van der Waals surface area contributed by atoms with Crippen LogP contribution in [0.1, 0.15) is 15.9 Å². The van der Waals surface area contributed by atoms with Crippen LogP contribution in [0, 0.1) is 0 Å². The first kappa shape index (κ1) is 12.4. The van der Waals surface area contributed by atoms with Crippen LogP contribution in [0.15, 0.2) is 18.2 Å². The van der Waals surface area contributed by atoms with Crippen molar-refractivity contribution in [2.75, 3.05) is 0 Å². The lowest BCUT2D eigenvalue weighted by Gasteiger charge is -2.04. The van der Waals surface area contributed by atoms with E-state index >= 15 is 0 Å². The third-order valence-electron chi connectivity index (χ3n) is 1.71. The van der Waals surface area contributed by atoms with Crippen molar-refractivity contribution in [3.8, 4) is 0 Å². The van der Waals surface area contributed by atoms with E-state index in [1.807, 2.05) is 0 Å². The number of hydrogen-bond donors (Lipinski definition) is 1. The first-order valence-electron chi connectivity index (χ1n) is 4.07. The summed E-state index contributed by atoms with van der Waals surface area (Å²) in [6.07, 6.45) is -0.389. The van der Waals surface area contributed by atoms with Crippen LogP contribution in [0.5, 0.6) is 0 Å². The molecule has 0 saturated carbocycles. The normalized spacial score (nSPS) is 9.94. The Hall–Kier alpha value is -1.69. The van der Waals surface area contributed by atoms with Crippen LogP contribution in [0.3, 0.4) is 0 Å². The summed E-state index contributed by atoms with van der Waals surface area (Å²) in [5.74, 6) is -2.67. The van der Waals surface area contributed by atoms with E-state index in [0.717, 1.165) is 12.1 Å². The summed E-state index contributed by atoms with van der Waals surface area (Å²) in [4.78, 5) is 21.3. The SMILES string of the molecule is O=C(O)Cc1cc(Cl)cc(C(=O)N(F)F)c1. The lowest BCUT2D eigenvalue weighted by Crippen LogP contribution is -2.14. The Balaban J connectivity index is 3.07. The first-order chi connectivity index (χ1) is 7.40. The van der Waals surface area contributed by atoms with Gasteiger partial charge in [0.1, 0.15) is 0 Å². The van der Waals surface area contributed by atoms with E-state index in [1.165, 1.54) is 6.07 Å². The average Bonchev–Trinajstić information content (AvgIpc) is 2.14. The highest BCUT2D eigenvalue weighted by atomic mass is 35.5. The van der Waals surface area contributed by atoms with Gasteiger partial charge in [-0.3, -0.25) is 9.59 Å². The van der Waals surface area contributed by atoms with Crippen LogP contribution < -0.4 is 0 Å². The molecule has 0 fully saturated rings. The molecule has 0 heterocycles. The molecule has 7 heteroatoms. The van der Waals surface area contributed by atoms with Gasteiger partial charge in [0.05, 0.1) is 6.42 Å². The number of aliphatic carboxylic acids is 1. The second-order valence-electron chi connectivity index (χ2n) is 2.96. The van der Waals surface area contributed by atoms with Crippen LogP contribution in [0.4, 0.5) is 8.96 Å². The van der Waals surface area contributed by atoms with Crippen LogP contribution >= 0.6 is 11.6 Å².